The number of hydrogen-bond donors (Lipinski definition) is 1. The lowest BCUT2D eigenvalue weighted by Crippen LogP contribution is -2.63. The Morgan fingerprint density at radius 2 is 1.00 bits per heavy atom. The smallest absolute Gasteiger partial charge is 0.460 e. The predicted octanol–water partition coefficient (Wildman–Crippen LogP) is 1.51. The van der Waals surface area contributed by atoms with E-state index in [4.69, 9.17) is 0 Å². The fourth-order valence-corrected chi connectivity index (χ4v) is 0.960. The summed E-state index contributed by atoms with van der Waals surface area (Å²) in [7, 11) is -7.42. The average molecular weight is 335 g/mol. The highest BCUT2D eigenvalue weighted by atomic mass is 32.2. The van der Waals surface area contributed by atoms with Crippen LogP contribution in [-0.4, -0.2) is 41.7 Å². The van der Waals surface area contributed by atoms with E-state index in [1.165, 1.54) is 0 Å². The van der Waals surface area contributed by atoms with Crippen LogP contribution in [0.25, 0.3) is 0 Å². The maximum Gasteiger partial charge on any atom is 0.460 e. The lowest BCUT2D eigenvalue weighted by Gasteiger charge is -2.34. The quantitative estimate of drug-likeness (QED) is 0.620. The lowest BCUT2D eigenvalue weighted by molar-refractivity contribution is -0.382. The van der Waals surface area contributed by atoms with E-state index in [0.717, 1.165) is 0 Å². The Morgan fingerprint density at radius 3 is 1.16 bits per heavy atom. The fraction of sp³-hybridized carbons (Fsp3) is 1.00. The van der Waals surface area contributed by atoms with Crippen LogP contribution in [-0.2, 0) is 10.1 Å². The molecule has 0 aliphatic rings. The van der Waals surface area contributed by atoms with Crippen LogP contribution in [0.1, 0.15) is 0 Å². The third-order valence-corrected chi connectivity index (χ3v) is 2.31. The van der Waals surface area contributed by atoms with Gasteiger partial charge in [0.2, 0.25) is 0 Å². The zero-order valence-electron chi connectivity index (χ0n) is 8.53. The summed E-state index contributed by atoms with van der Waals surface area (Å²) in [6.45, 7) is 0. The molecular weight excluding hydrogens is 329 g/mol. The highest BCUT2D eigenvalue weighted by molar-refractivity contribution is 7.86. The molecule has 0 aromatic carbocycles. The first-order chi connectivity index (χ1) is 7.00. The molecule has 0 amide bonds. The molecule has 0 unspecified atom stereocenters. The molecule has 15 heteroatoms. The van der Waals surface area contributed by atoms with Crippen LogP contribution in [0.3, 0.4) is 0 Å². The summed E-state index contributed by atoms with van der Waals surface area (Å²) in [6, 6.07) is 0. The van der Waals surface area contributed by atoms with Gasteiger partial charge in [0.15, 0.2) is 10.1 Å². The molecule has 0 saturated carbocycles. The molecule has 0 aromatic heterocycles. The first-order valence-electron chi connectivity index (χ1n) is 3.15. The lowest BCUT2D eigenvalue weighted by atomic mass is 10.1. The van der Waals surface area contributed by atoms with Crippen molar-refractivity contribution in [1.82, 2.24) is 6.15 Å². The van der Waals surface area contributed by atoms with Crippen molar-refractivity contribution >= 4 is 10.1 Å². The molecule has 5 nitrogen and oxygen atoms in total. The number of quaternary nitrogens is 1. The van der Waals surface area contributed by atoms with Crippen molar-refractivity contribution in [3.05, 3.63) is 0 Å². The highest BCUT2D eigenvalue weighted by Gasteiger charge is 2.83. The van der Waals surface area contributed by atoms with Crippen molar-refractivity contribution in [2.45, 2.75) is 23.3 Å². The van der Waals surface area contributed by atoms with Gasteiger partial charge in [-0.05, 0) is 0 Å². The van der Waals surface area contributed by atoms with Crippen molar-refractivity contribution in [2.24, 2.45) is 0 Å². The molecule has 0 aromatic rings. The van der Waals surface area contributed by atoms with Gasteiger partial charge < -0.3 is 16.2 Å². The summed E-state index contributed by atoms with van der Waals surface area (Å²) in [5.41, 5.74) is 0. The monoisotopic (exact) mass is 335 g/mol. The summed E-state index contributed by atoms with van der Waals surface area (Å²) in [6.07, 6.45) is -7.16. The van der Waals surface area contributed by atoms with Gasteiger partial charge in [-0.1, -0.05) is 0 Å². The van der Waals surface area contributed by atoms with E-state index in [-0.39, 0.29) is 11.6 Å². The molecule has 6 N–H and O–H groups in total. The number of hydrogen-bond acceptors (Lipinski definition) is 3. The second-order valence-corrected chi connectivity index (χ2v) is 4.04. The molecule has 19 heavy (non-hydrogen) atoms. The summed E-state index contributed by atoms with van der Waals surface area (Å²) < 4.78 is 135. The van der Waals surface area contributed by atoms with Gasteiger partial charge in [0.25, 0.3) is 0 Å². The van der Waals surface area contributed by atoms with Crippen LogP contribution in [0.4, 0.5) is 39.5 Å². The topological polar surface area (TPSA) is 125 Å². The van der Waals surface area contributed by atoms with Crippen molar-refractivity contribution < 1.29 is 58.0 Å². The molecule has 0 heterocycles. The summed E-state index contributed by atoms with van der Waals surface area (Å²) in [4.78, 5) is 0. The third kappa shape index (κ3) is 3.21. The summed E-state index contributed by atoms with van der Waals surface area (Å²) in [5, 5.41) is -7.11. The first-order valence-corrected chi connectivity index (χ1v) is 4.56. The molecule has 0 spiro atoms. The van der Waals surface area contributed by atoms with Crippen molar-refractivity contribution in [3.63, 3.8) is 0 Å². The van der Waals surface area contributed by atoms with Gasteiger partial charge >= 0.3 is 23.3 Å². The van der Waals surface area contributed by atoms with Gasteiger partial charge in [-0.25, -0.2) is 8.42 Å². The average Bonchev–Trinajstić information content (AvgIpc) is 1.98. The normalized spacial score (nSPS) is 14.4. The molecule has 0 rings (SSSR count). The van der Waals surface area contributed by atoms with Crippen LogP contribution >= 0.6 is 0 Å². The molecule has 0 fully saturated rings. The second kappa shape index (κ2) is 5.29. The molecule has 0 radical (unpaired) electrons. The number of alkyl halides is 9. The number of rotatable bonds is 3. The van der Waals surface area contributed by atoms with E-state index in [2.05, 4.69) is 0 Å². The highest BCUT2D eigenvalue weighted by Crippen LogP contribution is 2.54. The summed E-state index contributed by atoms with van der Waals surface area (Å²) in [5.74, 6) is -14.8. The number of halogens is 9. The van der Waals surface area contributed by atoms with Crippen LogP contribution in [0.15, 0.2) is 0 Å². The van der Waals surface area contributed by atoms with E-state index in [1.807, 2.05) is 0 Å². The zero-order chi connectivity index (χ0) is 14.5. The minimum atomic E-state index is -7.43. The standard InChI is InChI=1S/C4HF9O3S.H3N.H2O/c5-1(6,3(9,10)11)2(7,8)4(12,13)17(14,15)16;;/h(H,14,15,16);1H3;1H2. The molecule has 0 atom stereocenters. The van der Waals surface area contributed by atoms with Crippen molar-refractivity contribution in [1.29, 1.82) is 0 Å². The Balaban J connectivity index is -0.00000128. The summed E-state index contributed by atoms with van der Waals surface area (Å²) >= 11 is 0. The minimum absolute atomic E-state index is 0. The third-order valence-electron chi connectivity index (χ3n) is 1.43. The Hall–Kier alpha value is -0.800. The van der Waals surface area contributed by atoms with Gasteiger partial charge in [0.05, 0.1) is 0 Å². The van der Waals surface area contributed by atoms with Crippen LogP contribution in [0, 0.1) is 0 Å². The predicted molar refractivity (Wildman–Crippen MR) is 40.2 cm³/mol. The molecule has 0 aliphatic carbocycles. The second-order valence-electron chi connectivity index (χ2n) is 2.62. The van der Waals surface area contributed by atoms with E-state index < -0.39 is 33.4 Å². The molecule has 0 saturated heterocycles. The van der Waals surface area contributed by atoms with Gasteiger partial charge in [-0.15, -0.1) is 0 Å². The van der Waals surface area contributed by atoms with Crippen molar-refractivity contribution in [3.8, 4) is 0 Å². The maximum absolute atomic E-state index is 12.2. The van der Waals surface area contributed by atoms with Gasteiger partial charge in [0.1, 0.15) is 0 Å². The van der Waals surface area contributed by atoms with Crippen molar-refractivity contribution in [2.75, 3.05) is 0 Å². The Labute approximate surface area is 98.6 Å². The largest absolute Gasteiger partial charge is 0.743 e. The first kappa shape index (κ1) is 23.3. The van der Waals surface area contributed by atoms with Crippen LogP contribution in [0.2, 0.25) is 0 Å². The molecular formula is C4H6F9NO4S. The van der Waals surface area contributed by atoms with Gasteiger partial charge in [-0.3, -0.25) is 0 Å². The zero-order valence-corrected chi connectivity index (χ0v) is 9.35. The van der Waals surface area contributed by atoms with E-state index in [1.54, 1.807) is 0 Å². The molecule has 0 bridgehead atoms. The Kier molecular flexibility index (Phi) is 6.49. The molecule has 0 aliphatic heterocycles. The Morgan fingerprint density at radius 1 is 0.737 bits per heavy atom. The fourth-order valence-electron chi connectivity index (χ4n) is 0.518. The minimum Gasteiger partial charge on any atom is -0.743 e. The van der Waals surface area contributed by atoms with Gasteiger partial charge in [0, 0.05) is 0 Å². The van der Waals surface area contributed by atoms with Gasteiger partial charge in [-0.2, -0.15) is 39.5 Å². The van der Waals surface area contributed by atoms with E-state index >= 15 is 0 Å². The van der Waals surface area contributed by atoms with Crippen LogP contribution < -0.4 is 6.15 Å². The Bertz CT molecular complexity index is 401. The van der Waals surface area contributed by atoms with E-state index in [9.17, 15) is 52.5 Å². The van der Waals surface area contributed by atoms with E-state index in [0.29, 0.717) is 0 Å². The maximum atomic E-state index is 12.2. The van der Waals surface area contributed by atoms with Crippen LogP contribution in [0.5, 0.6) is 0 Å². The molecule has 120 valence electrons. The SMILES string of the molecule is O.O=S(=O)([O-])C(F)(F)C(F)(F)C(F)(F)C(F)(F)F.[NH4+].